The number of amides is 2. The number of halogens is 2. The number of anilines is 1. The largest absolute Gasteiger partial charge is 0.356 e. The summed E-state index contributed by atoms with van der Waals surface area (Å²) in [7, 11) is 0. The van der Waals surface area contributed by atoms with Gasteiger partial charge < -0.3 is 10.2 Å². The normalized spacial score (nSPS) is 10.4. The second-order valence-electron chi connectivity index (χ2n) is 5.87. The fraction of sp³-hybridized carbons (Fsp3) is 0.300. The Morgan fingerprint density at radius 2 is 1.81 bits per heavy atom. The molecule has 0 aromatic heterocycles. The van der Waals surface area contributed by atoms with E-state index in [1.165, 1.54) is 0 Å². The highest BCUT2D eigenvalue weighted by Gasteiger charge is 2.20. The van der Waals surface area contributed by atoms with Gasteiger partial charge in [0.15, 0.2) is 0 Å². The molecule has 0 bridgehead atoms. The zero-order chi connectivity index (χ0) is 18.9. The van der Waals surface area contributed by atoms with Crippen molar-refractivity contribution in [3.63, 3.8) is 0 Å². The average molecular weight is 393 g/mol. The third-order valence-corrected chi connectivity index (χ3v) is 4.38. The van der Waals surface area contributed by atoms with Crippen LogP contribution < -0.4 is 10.2 Å². The number of carbonyl (C=O) groups excluding carboxylic acids is 2. The van der Waals surface area contributed by atoms with Crippen molar-refractivity contribution >= 4 is 40.7 Å². The molecule has 1 N–H and O–H groups in total. The smallest absolute Gasteiger partial charge is 0.259 e. The van der Waals surface area contributed by atoms with Crippen LogP contribution in [0.25, 0.3) is 0 Å². The molecule has 0 unspecified atom stereocenters. The third-order valence-electron chi connectivity index (χ3n) is 3.83. The summed E-state index contributed by atoms with van der Waals surface area (Å²) in [4.78, 5) is 26.3. The molecular weight excluding hydrogens is 371 g/mol. The van der Waals surface area contributed by atoms with Crippen LogP contribution in [-0.2, 0) is 4.79 Å². The van der Waals surface area contributed by atoms with Gasteiger partial charge in [0.25, 0.3) is 5.91 Å². The van der Waals surface area contributed by atoms with Crippen LogP contribution in [0, 0.1) is 0 Å². The molecule has 2 rings (SSSR count). The molecule has 2 aromatic carbocycles. The van der Waals surface area contributed by atoms with Gasteiger partial charge in [-0.2, -0.15) is 0 Å². The first-order valence-electron chi connectivity index (χ1n) is 8.61. The van der Waals surface area contributed by atoms with Crippen molar-refractivity contribution < 1.29 is 9.59 Å². The van der Waals surface area contributed by atoms with E-state index in [4.69, 9.17) is 23.2 Å². The van der Waals surface area contributed by atoms with Crippen LogP contribution in [0.4, 0.5) is 5.69 Å². The van der Waals surface area contributed by atoms with Gasteiger partial charge in [-0.15, -0.1) is 0 Å². The second kappa shape index (κ2) is 10.2. The topological polar surface area (TPSA) is 49.4 Å². The lowest BCUT2D eigenvalue weighted by molar-refractivity contribution is -0.121. The minimum absolute atomic E-state index is 0.0332. The quantitative estimate of drug-likeness (QED) is 0.646. The van der Waals surface area contributed by atoms with Gasteiger partial charge in [0.2, 0.25) is 5.91 Å². The second-order valence-corrected chi connectivity index (χ2v) is 6.71. The van der Waals surface area contributed by atoms with Crippen LogP contribution in [0.2, 0.25) is 10.0 Å². The van der Waals surface area contributed by atoms with Gasteiger partial charge in [0.05, 0.1) is 10.6 Å². The summed E-state index contributed by atoms with van der Waals surface area (Å²) in [5.41, 5.74) is 1.18. The lowest BCUT2D eigenvalue weighted by Crippen LogP contribution is -2.34. The van der Waals surface area contributed by atoms with E-state index in [-0.39, 0.29) is 11.8 Å². The number of nitrogens with zero attached hydrogens (tertiary/aromatic N) is 1. The Labute approximate surface area is 164 Å². The van der Waals surface area contributed by atoms with Gasteiger partial charge in [-0.25, -0.2) is 0 Å². The maximum Gasteiger partial charge on any atom is 0.259 e. The van der Waals surface area contributed by atoms with Crippen molar-refractivity contribution in [2.75, 3.05) is 18.0 Å². The minimum atomic E-state index is -0.197. The number of hydrogen-bond donors (Lipinski definition) is 1. The number of nitrogens with one attached hydrogen (secondary N) is 1. The molecule has 4 nitrogen and oxygen atoms in total. The molecule has 0 aliphatic carbocycles. The SMILES string of the molecule is CCCC(=O)NCCCN(C(=O)c1ccc(Cl)cc1Cl)c1ccccc1. The number of benzene rings is 2. The highest BCUT2D eigenvalue weighted by Crippen LogP contribution is 2.25. The standard InChI is InChI=1S/C20H22Cl2N2O2/c1-2-7-19(25)23-12-6-13-24(16-8-4-3-5-9-16)20(26)17-11-10-15(21)14-18(17)22/h3-5,8-11,14H,2,6-7,12-13H2,1H3,(H,23,25). The molecule has 6 heteroatoms. The van der Waals surface area contributed by atoms with Gasteiger partial charge in [-0.1, -0.05) is 48.3 Å². The summed E-state index contributed by atoms with van der Waals surface area (Å²) in [6.45, 7) is 2.95. The first kappa shape index (κ1) is 20.3. The van der Waals surface area contributed by atoms with Crippen LogP contribution in [-0.4, -0.2) is 24.9 Å². The lowest BCUT2D eigenvalue weighted by atomic mass is 10.1. The molecular formula is C20H22Cl2N2O2. The predicted molar refractivity (Wildman–Crippen MR) is 107 cm³/mol. The Balaban J connectivity index is 2.11. The summed E-state index contributed by atoms with van der Waals surface area (Å²) in [6, 6.07) is 14.2. The van der Waals surface area contributed by atoms with Crippen LogP contribution >= 0.6 is 23.2 Å². The average Bonchev–Trinajstić information content (AvgIpc) is 2.62. The molecule has 2 amide bonds. The zero-order valence-corrected chi connectivity index (χ0v) is 16.2. The molecule has 26 heavy (non-hydrogen) atoms. The number of para-hydroxylation sites is 1. The van der Waals surface area contributed by atoms with Crippen molar-refractivity contribution in [3.05, 3.63) is 64.1 Å². The summed E-state index contributed by atoms with van der Waals surface area (Å²) < 4.78 is 0. The number of carbonyl (C=O) groups is 2. The first-order valence-corrected chi connectivity index (χ1v) is 9.37. The van der Waals surface area contributed by atoms with E-state index < -0.39 is 0 Å². The van der Waals surface area contributed by atoms with Gasteiger partial charge in [-0.3, -0.25) is 9.59 Å². The number of rotatable bonds is 8. The van der Waals surface area contributed by atoms with Crippen molar-refractivity contribution in [2.45, 2.75) is 26.2 Å². The summed E-state index contributed by atoms with van der Waals surface area (Å²) in [6.07, 6.45) is 1.97. The molecule has 0 atom stereocenters. The first-order chi connectivity index (χ1) is 12.5. The van der Waals surface area contributed by atoms with Crippen LogP contribution in [0.1, 0.15) is 36.5 Å². The fourth-order valence-electron chi connectivity index (χ4n) is 2.54. The molecule has 0 heterocycles. The van der Waals surface area contributed by atoms with E-state index >= 15 is 0 Å². The van der Waals surface area contributed by atoms with Gasteiger partial charge in [0.1, 0.15) is 0 Å². The van der Waals surface area contributed by atoms with E-state index in [2.05, 4.69) is 5.32 Å². The third kappa shape index (κ3) is 5.75. The Morgan fingerprint density at radius 3 is 2.46 bits per heavy atom. The van der Waals surface area contributed by atoms with Gasteiger partial charge in [-0.05, 0) is 43.2 Å². The highest BCUT2D eigenvalue weighted by atomic mass is 35.5. The molecule has 0 saturated heterocycles. The monoisotopic (exact) mass is 392 g/mol. The van der Waals surface area contributed by atoms with Crippen LogP contribution in [0.15, 0.2) is 48.5 Å². The molecule has 0 fully saturated rings. The molecule has 138 valence electrons. The highest BCUT2D eigenvalue weighted by molar-refractivity contribution is 6.37. The van der Waals surface area contributed by atoms with Crippen LogP contribution in [0.5, 0.6) is 0 Å². The van der Waals surface area contributed by atoms with Gasteiger partial charge >= 0.3 is 0 Å². The Kier molecular flexibility index (Phi) is 7.95. The Morgan fingerprint density at radius 1 is 1.08 bits per heavy atom. The van der Waals surface area contributed by atoms with Gasteiger partial charge in [0, 0.05) is 30.2 Å². The summed E-state index contributed by atoms with van der Waals surface area (Å²) in [5.74, 6) is -0.163. The summed E-state index contributed by atoms with van der Waals surface area (Å²) >= 11 is 12.1. The van der Waals surface area contributed by atoms with E-state index in [1.54, 1.807) is 23.1 Å². The lowest BCUT2D eigenvalue weighted by Gasteiger charge is -2.23. The fourth-order valence-corrected chi connectivity index (χ4v) is 3.03. The minimum Gasteiger partial charge on any atom is -0.356 e. The maximum absolute atomic E-state index is 13.0. The Hall–Kier alpha value is -2.04. The van der Waals surface area contributed by atoms with Crippen molar-refractivity contribution in [1.82, 2.24) is 5.32 Å². The van der Waals surface area contributed by atoms with Crippen molar-refractivity contribution in [2.24, 2.45) is 0 Å². The van der Waals surface area contributed by atoms with Crippen molar-refractivity contribution in [1.29, 1.82) is 0 Å². The molecule has 0 aliphatic rings. The van der Waals surface area contributed by atoms with E-state index in [0.717, 1.165) is 12.1 Å². The van der Waals surface area contributed by atoms with E-state index in [1.807, 2.05) is 37.3 Å². The molecule has 0 spiro atoms. The molecule has 0 aliphatic heterocycles. The Bertz CT molecular complexity index is 751. The predicted octanol–water partition coefficient (Wildman–Crippen LogP) is 4.95. The summed E-state index contributed by atoms with van der Waals surface area (Å²) in [5, 5.41) is 3.67. The van der Waals surface area contributed by atoms with Crippen LogP contribution in [0.3, 0.4) is 0 Å². The van der Waals surface area contributed by atoms with E-state index in [9.17, 15) is 9.59 Å². The number of hydrogen-bond acceptors (Lipinski definition) is 2. The zero-order valence-electron chi connectivity index (χ0n) is 14.7. The van der Waals surface area contributed by atoms with Crippen molar-refractivity contribution in [3.8, 4) is 0 Å². The maximum atomic E-state index is 13.0. The molecule has 0 radical (unpaired) electrons. The molecule has 2 aromatic rings. The van der Waals surface area contributed by atoms with E-state index in [0.29, 0.717) is 41.5 Å². The molecule has 0 saturated carbocycles.